The molecule has 3 aromatic heterocycles. The van der Waals surface area contributed by atoms with Gasteiger partial charge in [0.25, 0.3) is 0 Å². The molecule has 1 saturated heterocycles. The Morgan fingerprint density at radius 2 is 1.96 bits per heavy atom. The Bertz CT molecular complexity index is 840. The number of likely N-dealkylation sites (tertiary alicyclic amines) is 1. The number of rotatable bonds is 3. The number of hydrogen-bond donors (Lipinski definition) is 0. The summed E-state index contributed by atoms with van der Waals surface area (Å²) in [6.45, 7) is 9.29. The Balaban J connectivity index is 1.51. The third-order valence-electron chi connectivity index (χ3n) is 4.85. The fourth-order valence-electron chi connectivity index (χ4n) is 3.33. The molecule has 4 heterocycles. The average Bonchev–Trinajstić information content (AvgIpc) is 3.23. The van der Waals surface area contributed by atoms with Crippen LogP contribution in [0.3, 0.4) is 0 Å². The Hall–Kier alpha value is -2.28. The van der Waals surface area contributed by atoms with Crippen LogP contribution in [-0.4, -0.2) is 42.8 Å². The van der Waals surface area contributed by atoms with Crippen molar-refractivity contribution in [3.05, 3.63) is 42.0 Å². The van der Waals surface area contributed by atoms with Crippen LogP contribution in [0.15, 0.2) is 29.0 Å². The number of piperidine rings is 1. The van der Waals surface area contributed by atoms with Crippen LogP contribution in [0.1, 0.15) is 56.9 Å². The summed E-state index contributed by atoms with van der Waals surface area (Å²) >= 11 is 0. The van der Waals surface area contributed by atoms with Crippen molar-refractivity contribution >= 4 is 5.65 Å². The molecule has 7 heteroatoms. The standard InChI is InChI=1S/C18H24N6O/c1-18(2,3)14-4-5-15-20-21-17(24(15)22-14)13-6-9-23(10-7-13)12-16-19-8-11-25-16/h4-5,8,11,13H,6-7,9-10,12H2,1-3H3. The van der Waals surface area contributed by atoms with Gasteiger partial charge in [0, 0.05) is 11.3 Å². The van der Waals surface area contributed by atoms with Gasteiger partial charge >= 0.3 is 0 Å². The molecule has 1 aliphatic heterocycles. The van der Waals surface area contributed by atoms with E-state index in [1.54, 1.807) is 12.5 Å². The number of oxazole rings is 1. The van der Waals surface area contributed by atoms with E-state index < -0.39 is 0 Å². The summed E-state index contributed by atoms with van der Waals surface area (Å²) in [6, 6.07) is 4.06. The van der Waals surface area contributed by atoms with Gasteiger partial charge in [0.15, 0.2) is 11.5 Å². The molecule has 0 unspecified atom stereocenters. The minimum atomic E-state index is 0.00906. The minimum absolute atomic E-state index is 0.00906. The third kappa shape index (κ3) is 3.28. The van der Waals surface area contributed by atoms with E-state index >= 15 is 0 Å². The van der Waals surface area contributed by atoms with Crippen molar-refractivity contribution in [1.82, 2.24) is 29.7 Å². The second-order valence-electron chi connectivity index (χ2n) is 7.77. The van der Waals surface area contributed by atoms with E-state index in [1.807, 2.05) is 16.6 Å². The maximum atomic E-state index is 5.35. The van der Waals surface area contributed by atoms with Gasteiger partial charge in [-0.05, 0) is 38.1 Å². The van der Waals surface area contributed by atoms with E-state index in [4.69, 9.17) is 9.52 Å². The molecule has 0 aliphatic carbocycles. The van der Waals surface area contributed by atoms with Crippen LogP contribution < -0.4 is 0 Å². The first kappa shape index (κ1) is 16.2. The lowest BCUT2D eigenvalue weighted by atomic mass is 9.92. The predicted octanol–water partition coefficient (Wildman–Crippen LogP) is 2.79. The molecule has 3 aromatic rings. The monoisotopic (exact) mass is 340 g/mol. The normalized spacial score (nSPS) is 17.4. The molecule has 0 saturated carbocycles. The quantitative estimate of drug-likeness (QED) is 0.730. The van der Waals surface area contributed by atoms with Crippen molar-refractivity contribution in [2.45, 2.75) is 51.5 Å². The second kappa shape index (κ2) is 6.22. The Labute approximate surface area is 147 Å². The summed E-state index contributed by atoms with van der Waals surface area (Å²) in [5, 5.41) is 13.6. The lowest BCUT2D eigenvalue weighted by molar-refractivity contribution is 0.184. The Kier molecular flexibility index (Phi) is 4.03. The molecule has 0 spiro atoms. The van der Waals surface area contributed by atoms with Gasteiger partial charge < -0.3 is 4.42 Å². The summed E-state index contributed by atoms with van der Waals surface area (Å²) in [6.07, 6.45) is 5.41. The topological polar surface area (TPSA) is 72.4 Å². The van der Waals surface area contributed by atoms with Crippen LogP contribution in [0.2, 0.25) is 0 Å². The molecule has 0 N–H and O–H groups in total. The smallest absolute Gasteiger partial charge is 0.208 e. The zero-order valence-corrected chi connectivity index (χ0v) is 15.0. The molecule has 25 heavy (non-hydrogen) atoms. The van der Waals surface area contributed by atoms with Gasteiger partial charge in [0.05, 0.1) is 18.4 Å². The lowest BCUT2D eigenvalue weighted by Gasteiger charge is -2.30. The van der Waals surface area contributed by atoms with Gasteiger partial charge in [-0.15, -0.1) is 10.2 Å². The zero-order valence-electron chi connectivity index (χ0n) is 15.0. The molecule has 1 fully saturated rings. The maximum Gasteiger partial charge on any atom is 0.208 e. The van der Waals surface area contributed by atoms with E-state index in [9.17, 15) is 0 Å². The highest BCUT2D eigenvalue weighted by molar-refractivity contribution is 5.37. The highest BCUT2D eigenvalue weighted by Crippen LogP contribution is 2.28. The number of nitrogens with zero attached hydrogens (tertiary/aromatic N) is 6. The average molecular weight is 340 g/mol. The number of fused-ring (bicyclic) bond motifs is 1. The van der Waals surface area contributed by atoms with Gasteiger partial charge in [-0.25, -0.2) is 4.98 Å². The van der Waals surface area contributed by atoms with E-state index in [1.165, 1.54) is 0 Å². The van der Waals surface area contributed by atoms with Crippen LogP contribution in [0.25, 0.3) is 5.65 Å². The predicted molar refractivity (Wildman–Crippen MR) is 93.2 cm³/mol. The highest BCUT2D eigenvalue weighted by atomic mass is 16.3. The van der Waals surface area contributed by atoms with Gasteiger partial charge in [-0.2, -0.15) is 9.61 Å². The zero-order chi connectivity index (χ0) is 17.4. The van der Waals surface area contributed by atoms with Crippen molar-refractivity contribution in [3.63, 3.8) is 0 Å². The fourth-order valence-corrected chi connectivity index (χ4v) is 3.33. The summed E-state index contributed by atoms with van der Waals surface area (Å²) < 4.78 is 7.29. The summed E-state index contributed by atoms with van der Waals surface area (Å²) in [5.41, 5.74) is 1.89. The maximum absolute atomic E-state index is 5.35. The molecular formula is C18H24N6O. The molecule has 1 aliphatic rings. The molecule has 0 atom stereocenters. The van der Waals surface area contributed by atoms with E-state index in [2.05, 4.69) is 40.9 Å². The number of hydrogen-bond acceptors (Lipinski definition) is 6. The van der Waals surface area contributed by atoms with Crippen LogP contribution in [0.4, 0.5) is 0 Å². The van der Waals surface area contributed by atoms with Crippen LogP contribution in [0.5, 0.6) is 0 Å². The van der Waals surface area contributed by atoms with Crippen LogP contribution >= 0.6 is 0 Å². The molecule has 0 bridgehead atoms. The summed E-state index contributed by atoms with van der Waals surface area (Å²) in [5.74, 6) is 2.15. The summed E-state index contributed by atoms with van der Waals surface area (Å²) in [7, 11) is 0. The van der Waals surface area contributed by atoms with Gasteiger partial charge in [0.2, 0.25) is 5.89 Å². The highest BCUT2D eigenvalue weighted by Gasteiger charge is 2.26. The second-order valence-corrected chi connectivity index (χ2v) is 7.77. The Morgan fingerprint density at radius 1 is 1.16 bits per heavy atom. The van der Waals surface area contributed by atoms with Gasteiger partial charge in [0.1, 0.15) is 6.26 Å². The molecule has 0 radical (unpaired) electrons. The first-order valence-electron chi connectivity index (χ1n) is 8.84. The molecule has 4 rings (SSSR count). The lowest BCUT2D eigenvalue weighted by Crippen LogP contribution is -2.33. The number of aromatic nitrogens is 5. The molecule has 0 aromatic carbocycles. The van der Waals surface area contributed by atoms with Gasteiger partial charge in [-0.1, -0.05) is 20.8 Å². The first-order valence-corrected chi connectivity index (χ1v) is 8.84. The van der Waals surface area contributed by atoms with Crippen molar-refractivity contribution < 1.29 is 4.42 Å². The minimum Gasteiger partial charge on any atom is -0.448 e. The van der Waals surface area contributed by atoms with E-state index in [0.717, 1.165) is 55.5 Å². The molecule has 132 valence electrons. The first-order chi connectivity index (χ1) is 12.0. The van der Waals surface area contributed by atoms with Crippen LogP contribution in [-0.2, 0) is 12.0 Å². The van der Waals surface area contributed by atoms with E-state index in [0.29, 0.717) is 5.92 Å². The molecule has 0 amide bonds. The van der Waals surface area contributed by atoms with Crippen molar-refractivity contribution in [2.24, 2.45) is 0 Å². The van der Waals surface area contributed by atoms with Crippen molar-refractivity contribution in [3.8, 4) is 0 Å². The molecule has 7 nitrogen and oxygen atoms in total. The summed E-state index contributed by atoms with van der Waals surface area (Å²) in [4.78, 5) is 6.58. The van der Waals surface area contributed by atoms with Crippen molar-refractivity contribution in [2.75, 3.05) is 13.1 Å². The van der Waals surface area contributed by atoms with Gasteiger partial charge in [-0.3, -0.25) is 4.90 Å². The van der Waals surface area contributed by atoms with E-state index in [-0.39, 0.29) is 5.41 Å². The fraction of sp³-hybridized carbons (Fsp3) is 0.556. The van der Waals surface area contributed by atoms with Crippen LogP contribution in [0, 0.1) is 0 Å². The van der Waals surface area contributed by atoms with Crippen molar-refractivity contribution in [1.29, 1.82) is 0 Å². The SMILES string of the molecule is CC(C)(C)c1ccc2nnc(C3CCN(Cc4ncco4)CC3)n2n1. The third-order valence-corrected chi connectivity index (χ3v) is 4.85. The molecular weight excluding hydrogens is 316 g/mol. The largest absolute Gasteiger partial charge is 0.448 e. The Morgan fingerprint density at radius 3 is 2.64 bits per heavy atom.